The number of hydrogen-bond donors (Lipinski definition) is 1. The average Bonchev–Trinajstić information content (AvgIpc) is 2.90. The number of carbonyl (C=O) groups excluding carboxylic acids is 2. The van der Waals surface area contributed by atoms with Gasteiger partial charge in [0, 0.05) is 0 Å². The lowest BCUT2D eigenvalue weighted by Crippen LogP contribution is -2.30. The number of amides is 3. The second-order valence-corrected chi connectivity index (χ2v) is 5.36. The summed E-state index contributed by atoms with van der Waals surface area (Å²) in [6.07, 6.45) is 0. The van der Waals surface area contributed by atoms with Crippen LogP contribution in [0.15, 0.2) is 48.5 Å². The summed E-state index contributed by atoms with van der Waals surface area (Å²) in [6.45, 7) is 0.104. The highest BCUT2D eigenvalue weighted by Gasteiger charge is 2.38. The molecule has 2 aromatic carbocycles. The van der Waals surface area contributed by atoms with Crippen molar-refractivity contribution < 1.29 is 14.3 Å². The minimum atomic E-state index is -0.674. The van der Waals surface area contributed by atoms with E-state index in [-0.39, 0.29) is 12.5 Å². The summed E-state index contributed by atoms with van der Waals surface area (Å²) in [5, 5.41) is 11.8. The van der Waals surface area contributed by atoms with E-state index in [0.717, 1.165) is 10.5 Å². The van der Waals surface area contributed by atoms with Gasteiger partial charge in [-0.05, 0) is 23.3 Å². The molecule has 3 amide bonds. The molecule has 3 rings (SSSR count). The number of nitrogens with zero attached hydrogens (tertiary/aromatic N) is 2. The van der Waals surface area contributed by atoms with Crippen LogP contribution < -0.4 is 10.1 Å². The topological polar surface area (TPSA) is 82.4 Å². The number of nitrogens with one attached hydrogen (secondary N) is 1. The van der Waals surface area contributed by atoms with E-state index in [4.69, 9.17) is 10.00 Å². The highest BCUT2D eigenvalue weighted by atomic mass is 16.5. The monoisotopic (exact) mass is 321 g/mol. The van der Waals surface area contributed by atoms with E-state index < -0.39 is 12.1 Å². The first-order chi connectivity index (χ1) is 11.6. The molecule has 1 N–H and O–H groups in total. The molecule has 1 saturated heterocycles. The molecule has 0 radical (unpaired) electrons. The molecule has 1 atom stereocenters. The normalized spacial score (nSPS) is 16.7. The fraction of sp³-hybridized carbons (Fsp3) is 0.167. The van der Waals surface area contributed by atoms with Crippen molar-refractivity contribution in [2.75, 3.05) is 7.11 Å². The average molecular weight is 321 g/mol. The zero-order chi connectivity index (χ0) is 17.1. The Morgan fingerprint density at radius 1 is 1.21 bits per heavy atom. The van der Waals surface area contributed by atoms with Crippen molar-refractivity contribution >= 4 is 11.9 Å². The van der Waals surface area contributed by atoms with Gasteiger partial charge in [0.25, 0.3) is 5.91 Å². The third-order valence-corrected chi connectivity index (χ3v) is 3.88. The molecule has 0 bridgehead atoms. The summed E-state index contributed by atoms with van der Waals surface area (Å²) in [4.78, 5) is 25.9. The summed E-state index contributed by atoms with van der Waals surface area (Å²) in [5.74, 6) is 0.154. The van der Waals surface area contributed by atoms with Gasteiger partial charge in [0.15, 0.2) is 0 Å². The third kappa shape index (κ3) is 2.79. The van der Waals surface area contributed by atoms with Crippen LogP contribution in [0.2, 0.25) is 0 Å². The van der Waals surface area contributed by atoms with Gasteiger partial charge < -0.3 is 10.1 Å². The van der Waals surface area contributed by atoms with Crippen LogP contribution in [0.25, 0.3) is 0 Å². The smallest absolute Gasteiger partial charge is 0.325 e. The van der Waals surface area contributed by atoms with Crippen molar-refractivity contribution in [2.24, 2.45) is 0 Å². The van der Waals surface area contributed by atoms with Gasteiger partial charge in [0.2, 0.25) is 0 Å². The lowest BCUT2D eigenvalue weighted by atomic mass is 10.1. The van der Waals surface area contributed by atoms with Gasteiger partial charge >= 0.3 is 6.03 Å². The zero-order valence-electron chi connectivity index (χ0n) is 13.0. The molecule has 24 heavy (non-hydrogen) atoms. The number of rotatable bonds is 4. The van der Waals surface area contributed by atoms with E-state index in [0.29, 0.717) is 16.9 Å². The summed E-state index contributed by atoms with van der Waals surface area (Å²) < 4.78 is 5.10. The fourth-order valence-corrected chi connectivity index (χ4v) is 2.66. The first-order valence-electron chi connectivity index (χ1n) is 7.38. The van der Waals surface area contributed by atoms with Crippen LogP contribution in [0.1, 0.15) is 22.7 Å². The Balaban J connectivity index is 1.82. The zero-order valence-corrected chi connectivity index (χ0v) is 13.0. The highest BCUT2D eigenvalue weighted by Crippen LogP contribution is 2.25. The predicted octanol–water partition coefficient (Wildman–Crippen LogP) is 2.36. The number of methoxy groups -OCH3 is 1. The predicted molar refractivity (Wildman–Crippen MR) is 86.0 cm³/mol. The van der Waals surface area contributed by atoms with Gasteiger partial charge in [-0.15, -0.1) is 0 Å². The molecule has 0 aromatic heterocycles. The van der Waals surface area contributed by atoms with E-state index in [1.807, 2.05) is 24.3 Å². The molecule has 2 aromatic rings. The molecular weight excluding hydrogens is 306 g/mol. The Labute approximate surface area is 139 Å². The van der Waals surface area contributed by atoms with Gasteiger partial charge in [-0.2, -0.15) is 5.26 Å². The molecule has 1 aliphatic heterocycles. The van der Waals surface area contributed by atoms with E-state index in [9.17, 15) is 9.59 Å². The Bertz CT molecular complexity index is 827. The number of ether oxygens (including phenoxy) is 1. The van der Waals surface area contributed by atoms with Crippen molar-refractivity contribution in [1.82, 2.24) is 10.2 Å². The molecule has 6 heteroatoms. The quantitative estimate of drug-likeness (QED) is 0.876. The second kappa shape index (κ2) is 6.42. The van der Waals surface area contributed by atoms with Crippen LogP contribution in [0.5, 0.6) is 5.75 Å². The van der Waals surface area contributed by atoms with Crippen LogP contribution in [-0.4, -0.2) is 23.9 Å². The standard InChI is InChI=1S/C18H15N3O3/c1-24-15-8-7-12(9-14(15)10-19)11-21-17(22)16(20-18(21)23)13-5-3-2-4-6-13/h2-9,16H,11H2,1H3,(H,20,23)/t16-/m0/s1. The Hall–Kier alpha value is -3.33. The van der Waals surface area contributed by atoms with Crippen molar-refractivity contribution in [3.8, 4) is 11.8 Å². The van der Waals surface area contributed by atoms with E-state index in [1.165, 1.54) is 7.11 Å². The first-order valence-corrected chi connectivity index (χ1v) is 7.38. The van der Waals surface area contributed by atoms with Crippen molar-refractivity contribution in [2.45, 2.75) is 12.6 Å². The maximum Gasteiger partial charge on any atom is 0.325 e. The van der Waals surface area contributed by atoms with Gasteiger partial charge in [0.1, 0.15) is 17.9 Å². The molecule has 1 heterocycles. The lowest BCUT2D eigenvalue weighted by molar-refractivity contribution is -0.128. The molecule has 6 nitrogen and oxygen atoms in total. The third-order valence-electron chi connectivity index (χ3n) is 3.88. The van der Waals surface area contributed by atoms with Crippen molar-refractivity contribution in [3.05, 3.63) is 65.2 Å². The van der Waals surface area contributed by atoms with Crippen molar-refractivity contribution in [3.63, 3.8) is 0 Å². The molecule has 0 spiro atoms. The summed E-state index contributed by atoms with van der Waals surface area (Å²) in [5.41, 5.74) is 1.79. The Morgan fingerprint density at radius 2 is 1.96 bits per heavy atom. The molecule has 1 fully saturated rings. The number of hydrogen-bond acceptors (Lipinski definition) is 4. The van der Waals surface area contributed by atoms with Crippen LogP contribution in [0.3, 0.4) is 0 Å². The van der Waals surface area contributed by atoms with Gasteiger partial charge in [-0.3, -0.25) is 9.69 Å². The molecular formula is C18H15N3O3. The highest BCUT2D eigenvalue weighted by molar-refractivity contribution is 6.04. The molecule has 120 valence electrons. The number of nitriles is 1. The Kier molecular flexibility index (Phi) is 4.17. The minimum Gasteiger partial charge on any atom is -0.495 e. The Morgan fingerprint density at radius 3 is 2.62 bits per heavy atom. The summed E-state index contributed by atoms with van der Waals surface area (Å²) >= 11 is 0. The molecule has 0 aliphatic carbocycles. The number of urea groups is 1. The van der Waals surface area contributed by atoms with Crippen LogP contribution in [-0.2, 0) is 11.3 Å². The SMILES string of the molecule is COc1ccc(CN2C(=O)N[C@@H](c3ccccc3)C2=O)cc1C#N. The number of benzene rings is 2. The summed E-state index contributed by atoms with van der Waals surface area (Å²) in [7, 11) is 1.48. The number of imide groups is 1. The van der Waals surface area contributed by atoms with Crippen LogP contribution in [0, 0.1) is 11.3 Å². The maximum absolute atomic E-state index is 12.6. The van der Waals surface area contributed by atoms with Gasteiger partial charge in [-0.1, -0.05) is 36.4 Å². The second-order valence-electron chi connectivity index (χ2n) is 5.36. The minimum absolute atomic E-state index is 0.104. The van der Waals surface area contributed by atoms with Crippen LogP contribution in [0.4, 0.5) is 4.79 Å². The lowest BCUT2D eigenvalue weighted by Gasteiger charge is -2.14. The van der Waals surface area contributed by atoms with Crippen LogP contribution >= 0.6 is 0 Å². The fourth-order valence-electron chi connectivity index (χ4n) is 2.66. The van der Waals surface area contributed by atoms with Gasteiger partial charge in [-0.25, -0.2) is 4.79 Å². The molecule has 0 unspecified atom stereocenters. The largest absolute Gasteiger partial charge is 0.495 e. The van der Waals surface area contributed by atoms with E-state index in [1.54, 1.807) is 30.3 Å². The van der Waals surface area contributed by atoms with Crippen molar-refractivity contribution in [1.29, 1.82) is 5.26 Å². The van der Waals surface area contributed by atoms with E-state index >= 15 is 0 Å². The summed E-state index contributed by atoms with van der Waals surface area (Å²) in [6, 6.07) is 15.0. The first kappa shape index (κ1) is 15.6. The number of carbonyl (C=O) groups is 2. The maximum atomic E-state index is 12.6. The molecule has 1 aliphatic rings. The van der Waals surface area contributed by atoms with Gasteiger partial charge in [0.05, 0.1) is 19.2 Å². The molecule has 0 saturated carbocycles. The van der Waals surface area contributed by atoms with E-state index in [2.05, 4.69) is 5.32 Å².